The Balaban J connectivity index is 2.61. The molecule has 0 aliphatic carbocycles. The second-order valence-electron chi connectivity index (χ2n) is 1.96. The summed E-state index contributed by atoms with van der Waals surface area (Å²) in [7, 11) is 0. The maximum atomic E-state index is 3.98. The van der Waals surface area contributed by atoms with E-state index in [0.717, 1.165) is 13.0 Å². The van der Waals surface area contributed by atoms with Gasteiger partial charge in [0.1, 0.15) is 0 Å². The van der Waals surface area contributed by atoms with Crippen LogP contribution in [-0.2, 0) is 6.42 Å². The van der Waals surface area contributed by atoms with Gasteiger partial charge in [-0.25, -0.2) is 0 Å². The van der Waals surface area contributed by atoms with E-state index in [9.17, 15) is 0 Å². The summed E-state index contributed by atoms with van der Waals surface area (Å²) in [5, 5.41) is 0. The van der Waals surface area contributed by atoms with Gasteiger partial charge in [0.15, 0.2) is 0 Å². The van der Waals surface area contributed by atoms with E-state index in [2.05, 4.69) is 16.8 Å². The molecule has 0 atom stereocenters. The summed E-state index contributed by atoms with van der Waals surface area (Å²) in [4.78, 5) is 3.98. The minimum atomic E-state index is 0.950. The van der Waals surface area contributed by atoms with Crippen LogP contribution in [0.3, 0.4) is 0 Å². The first-order chi connectivity index (χ1) is 4.43. The van der Waals surface area contributed by atoms with Gasteiger partial charge in [0, 0.05) is 18.8 Å². The zero-order chi connectivity index (χ0) is 6.53. The van der Waals surface area contributed by atoms with Crippen molar-refractivity contribution in [2.45, 2.75) is 6.42 Å². The van der Waals surface area contributed by atoms with Crippen LogP contribution >= 0.6 is 0 Å². The molecule has 1 rings (SSSR count). The molecular weight excluding hydrogens is 112 g/mol. The Hall–Kier alpha value is -0.890. The SMILES string of the molecule is [NH3+]CCc1cccnc1. The second kappa shape index (κ2) is 3.20. The molecule has 0 fully saturated rings. The molecule has 1 heterocycles. The van der Waals surface area contributed by atoms with Crippen LogP contribution in [0.2, 0.25) is 0 Å². The van der Waals surface area contributed by atoms with Crippen LogP contribution in [0, 0.1) is 0 Å². The van der Waals surface area contributed by atoms with E-state index < -0.39 is 0 Å². The van der Waals surface area contributed by atoms with Crippen LogP contribution in [-0.4, -0.2) is 11.5 Å². The Morgan fingerprint density at radius 2 is 2.44 bits per heavy atom. The lowest BCUT2D eigenvalue weighted by Gasteiger charge is -1.91. The molecule has 1 aromatic heterocycles. The van der Waals surface area contributed by atoms with E-state index in [1.54, 1.807) is 6.20 Å². The monoisotopic (exact) mass is 123 g/mol. The van der Waals surface area contributed by atoms with Crippen molar-refractivity contribution in [3.8, 4) is 0 Å². The van der Waals surface area contributed by atoms with Gasteiger partial charge in [0.25, 0.3) is 0 Å². The lowest BCUT2D eigenvalue weighted by Crippen LogP contribution is -2.51. The van der Waals surface area contributed by atoms with Crippen molar-refractivity contribution in [2.24, 2.45) is 0 Å². The molecule has 0 radical (unpaired) electrons. The lowest BCUT2D eigenvalue weighted by molar-refractivity contribution is -0.366. The van der Waals surface area contributed by atoms with Gasteiger partial charge in [-0.3, -0.25) is 4.98 Å². The predicted octanol–water partition coefficient (Wildman–Crippen LogP) is -0.134. The topological polar surface area (TPSA) is 40.5 Å². The van der Waals surface area contributed by atoms with E-state index in [1.807, 2.05) is 12.3 Å². The van der Waals surface area contributed by atoms with Gasteiger partial charge in [-0.05, 0) is 11.6 Å². The van der Waals surface area contributed by atoms with E-state index in [-0.39, 0.29) is 0 Å². The Morgan fingerprint density at radius 3 is 3.00 bits per heavy atom. The molecular formula is C7H11N2+. The van der Waals surface area contributed by atoms with Crippen molar-refractivity contribution >= 4 is 0 Å². The number of aromatic nitrogens is 1. The minimum absolute atomic E-state index is 0.950. The highest BCUT2D eigenvalue weighted by Crippen LogP contribution is 1.93. The number of nitrogens with zero attached hydrogens (tertiary/aromatic N) is 1. The predicted molar refractivity (Wildman–Crippen MR) is 35.7 cm³/mol. The standard InChI is InChI=1S/C7H10N2/c8-4-3-7-2-1-5-9-6-7/h1-2,5-6H,3-4,8H2/p+1. The molecule has 0 saturated heterocycles. The van der Waals surface area contributed by atoms with Crippen LogP contribution in [0.25, 0.3) is 0 Å². The van der Waals surface area contributed by atoms with Crippen LogP contribution in [0.15, 0.2) is 24.5 Å². The summed E-state index contributed by atoms with van der Waals surface area (Å²) in [6, 6.07) is 4.02. The fraction of sp³-hybridized carbons (Fsp3) is 0.286. The van der Waals surface area contributed by atoms with Gasteiger partial charge in [0.05, 0.1) is 6.54 Å². The van der Waals surface area contributed by atoms with Crippen LogP contribution < -0.4 is 5.73 Å². The molecule has 9 heavy (non-hydrogen) atoms. The van der Waals surface area contributed by atoms with Crippen molar-refractivity contribution in [3.05, 3.63) is 30.1 Å². The molecule has 1 aromatic rings. The highest BCUT2D eigenvalue weighted by molar-refractivity contribution is 5.07. The molecule has 3 N–H and O–H groups in total. The third-order valence-corrected chi connectivity index (χ3v) is 1.19. The van der Waals surface area contributed by atoms with Gasteiger partial charge in [-0.1, -0.05) is 6.07 Å². The van der Waals surface area contributed by atoms with Crippen molar-refractivity contribution in [1.82, 2.24) is 4.98 Å². The van der Waals surface area contributed by atoms with Gasteiger partial charge < -0.3 is 5.73 Å². The van der Waals surface area contributed by atoms with Crippen LogP contribution in [0.1, 0.15) is 5.56 Å². The maximum absolute atomic E-state index is 3.98. The van der Waals surface area contributed by atoms with Gasteiger partial charge in [-0.15, -0.1) is 0 Å². The van der Waals surface area contributed by atoms with Crippen LogP contribution in [0.5, 0.6) is 0 Å². The van der Waals surface area contributed by atoms with Gasteiger partial charge >= 0.3 is 0 Å². The molecule has 48 valence electrons. The average Bonchev–Trinajstić information content (AvgIpc) is 1.91. The Kier molecular flexibility index (Phi) is 2.22. The molecule has 0 unspecified atom stereocenters. The van der Waals surface area contributed by atoms with Crippen LogP contribution in [0.4, 0.5) is 0 Å². The lowest BCUT2D eigenvalue weighted by atomic mass is 10.2. The molecule has 2 nitrogen and oxygen atoms in total. The third-order valence-electron chi connectivity index (χ3n) is 1.19. The Labute approximate surface area is 54.7 Å². The largest absolute Gasteiger partial charge is 0.357 e. The normalized spacial score (nSPS) is 9.44. The average molecular weight is 123 g/mol. The smallest absolute Gasteiger partial charge is 0.0781 e. The number of pyridine rings is 1. The first kappa shape index (κ1) is 6.23. The second-order valence-corrected chi connectivity index (χ2v) is 1.96. The van der Waals surface area contributed by atoms with E-state index in [0.29, 0.717) is 0 Å². The molecule has 0 aromatic carbocycles. The summed E-state index contributed by atoms with van der Waals surface area (Å²) >= 11 is 0. The highest BCUT2D eigenvalue weighted by Gasteiger charge is 1.87. The van der Waals surface area contributed by atoms with E-state index in [4.69, 9.17) is 0 Å². The van der Waals surface area contributed by atoms with E-state index in [1.165, 1.54) is 5.56 Å². The first-order valence-corrected chi connectivity index (χ1v) is 3.11. The third kappa shape index (κ3) is 1.82. The number of quaternary nitrogens is 1. The summed E-state index contributed by atoms with van der Waals surface area (Å²) in [5.41, 5.74) is 5.02. The maximum Gasteiger partial charge on any atom is 0.0781 e. The van der Waals surface area contributed by atoms with Crippen molar-refractivity contribution in [3.63, 3.8) is 0 Å². The molecule has 0 spiro atoms. The fourth-order valence-electron chi connectivity index (χ4n) is 0.750. The zero-order valence-electron chi connectivity index (χ0n) is 5.38. The molecule has 0 saturated carbocycles. The van der Waals surface area contributed by atoms with Gasteiger partial charge in [0.2, 0.25) is 0 Å². The quantitative estimate of drug-likeness (QED) is 0.584. The minimum Gasteiger partial charge on any atom is -0.357 e. The van der Waals surface area contributed by atoms with E-state index >= 15 is 0 Å². The Bertz CT molecular complexity index is 160. The summed E-state index contributed by atoms with van der Waals surface area (Å²) in [5.74, 6) is 0. The van der Waals surface area contributed by atoms with Crippen molar-refractivity contribution in [1.29, 1.82) is 0 Å². The Morgan fingerprint density at radius 1 is 1.56 bits per heavy atom. The summed E-state index contributed by atoms with van der Waals surface area (Å²) in [6.07, 6.45) is 4.70. The number of hydrogen-bond donors (Lipinski definition) is 1. The highest BCUT2D eigenvalue weighted by atomic mass is 14.6. The molecule has 0 amide bonds. The zero-order valence-corrected chi connectivity index (χ0v) is 5.38. The summed E-state index contributed by atoms with van der Waals surface area (Å²) in [6.45, 7) is 0.950. The molecule has 0 aliphatic heterocycles. The number of rotatable bonds is 2. The number of hydrogen-bond acceptors (Lipinski definition) is 1. The van der Waals surface area contributed by atoms with Gasteiger partial charge in [-0.2, -0.15) is 0 Å². The summed E-state index contributed by atoms with van der Waals surface area (Å²) < 4.78 is 0. The first-order valence-electron chi connectivity index (χ1n) is 3.11. The molecule has 0 bridgehead atoms. The van der Waals surface area contributed by atoms with Crippen molar-refractivity contribution < 1.29 is 5.73 Å². The molecule has 2 heteroatoms. The fourth-order valence-corrected chi connectivity index (χ4v) is 0.750. The van der Waals surface area contributed by atoms with Crippen molar-refractivity contribution in [2.75, 3.05) is 6.54 Å². The molecule has 0 aliphatic rings.